The van der Waals surface area contributed by atoms with Crippen LogP contribution in [-0.4, -0.2) is 55.3 Å². The summed E-state index contributed by atoms with van der Waals surface area (Å²) in [5.74, 6) is 1.56. The molecule has 138 valence electrons. The van der Waals surface area contributed by atoms with Crippen LogP contribution in [0.2, 0.25) is 0 Å². The van der Waals surface area contributed by atoms with Gasteiger partial charge in [-0.1, -0.05) is 13.8 Å². The maximum absolute atomic E-state index is 10.3. The van der Waals surface area contributed by atoms with E-state index < -0.39 is 6.23 Å². The van der Waals surface area contributed by atoms with Crippen molar-refractivity contribution in [2.24, 2.45) is 16.1 Å². The fraction of sp³-hybridized carbons (Fsp3) is 0.938. The van der Waals surface area contributed by atoms with E-state index in [4.69, 9.17) is 5.73 Å². The molecule has 0 aliphatic rings. The predicted molar refractivity (Wildman–Crippen MR) is 103 cm³/mol. The van der Waals surface area contributed by atoms with Gasteiger partial charge in [-0.2, -0.15) is 12.6 Å². The molecule has 0 aromatic heterocycles. The van der Waals surface area contributed by atoms with Crippen LogP contribution in [0.4, 0.5) is 0 Å². The van der Waals surface area contributed by atoms with Crippen LogP contribution in [0.1, 0.15) is 47.0 Å². The highest BCUT2D eigenvalue weighted by atomic mass is 32.1. The summed E-state index contributed by atoms with van der Waals surface area (Å²) in [6, 6.07) is -0.299. The number of nitrogens with one attached hydrogen (secondary N) is 3. The van der Waals surface area contributed by atoms with Crippen molar-refractivity contribution in [1.29, 1.82) is 0 Å². The molecule has 0 fully saturated rings. The van der Waals surface area contributed by atoms with Gasteiger partial charge >= 0.3 is 0 Å². The quantitative estimate of drug-likeness (QED) is 0.116. The van der Waals surface area contributed by atoms with Gasteiger partial charge in [0, 0.05) is 32.2 Å². The van der Waals surface area contributed by atoms with Gasteiger partial charge in [0.25, 0.3) is 0 Å². The molecule has 0 aliphatic carbocycles. The number of aliphatic imine (C=N–C) groups is 1. The number of aliphatic hydroxyl groups is 1. The lowest BCUT2D eigenvalue weighted by molar-refractivity contribution is 0.0616. The first-order valence-electron chi connectivity index (χ1n) is 8.27. The molecule has 0 saturated heterocycles. The summed E-state index contributed by atoms with van der Waals surface area (Å²) in [5.41, 5.74) is 6.01. The molecule has 0 saturated carbocycles. The van der Waals surface area contributed by atoms with E-state index in [1.807, 2.05) is 7.05 Å². The van der Waals surface area contributed by atoms with E-state index in [0.717, 1.165) is 37.5 Å². The van der Waals surface area contributed by atoms with Gasteiger partial charge in [0.1, 0.15) is 6.23 Å². The van der Waals surface area contributed by atoms with Crippen LogP contribution in [-0.2, 0) is 0 Å². The van der Waals surface area contributed by atoms with E-state index in [2.05, 4.69) is 61.3 Å². The maximum atomic E-state index is 10.3. The third-order valence-corrected chi connectivity index (χ3v) is 4.62. The molecule has 0 rings (SSSR count). The Morgan fingerprint density at radius 2 is 1.91 bits per heavy atom. The lowest BCUT2D eigenvalue weighted by Crippen LogP contribution is -2.55. The Morgan fingerprint density at radius 3 is 2.39 bits per heavy atom. The Hall–Kier alpha value is -0.500. The zero-order valence-electron chi connectivity index (χ0n) is 15.6. The van der Waals surface area contributed by atoms with Crippen molar-refractivity contribution in [3.8, 4) is 0 Å². The van der Waals surface area contributed by atoms with Gasteiger partial charge in [-0.3, -0.25) is 10.3 Å². The number of nitrogens with two attached hydrogens (primary N) is 1. The summed E-state index contributed by atoms with van der Waals surface area (Å²) in [6.07, 6.45) is 1.79. The number of guanidine groups is 1. The number of aliphatic hydroxyl groups excluding tert-OH is 1. The summed E-state index contributed by atoms with van der Waals surface area (Å²) >= 11 is 4.40. The van der Waals surface area contributed by atoms with Crippen molar-refractivity contribution in [2.45, 2.75) is 64.8 Å². The first-order chi connectivity index (χ1) is 10.6. The summed E-state index contributed by atoms with van der Waals surface area (Å²) in [5, 5.41) is 19.7. The summed E-state index contributed by atoms with van der Waals surface area (Å²) < 4.78 is 0. The third-order valence-electron chi connectivity index (χ3n) is 3.76. The predicted octanol–water partition coefficient (Wildman–Crippen LogP) is 0.921. The lowest BCUT2D eigenvalue weighted by atomic mass is 9.81. The van der Waals surface area contributed by atoms with Crippen molar-refractivity contribution in [2.75, 3.05) is 26.4 Å². The Morgan fingerprint density at radius 1 is 1.30 bits per heavy atom. The zero-order chi connectivity index (χ0) is 18.1. The van der Waals surface area contributed by atoms with Gasteiger partial charge in [0.2, 0.25) is 0 Å². The average molecular weight is 348 g/mol. The lowest BCUT2D eigenvalue weighted by Gasteiger charge is -2.37. The second-order valence-corrected chi connectivity index (χ2v) is 7.84. The van der Waals surface area contributed by atoms with E-state index in [1.165, 1.54) is 0 Å². The van der Waals surface area contributed by atoms with Crippen LogP contribution >= 0.6 is 12.6 Å². The second-order valence-electron chi connectivity index (χ2n) is 7.53. The summed E-state index contributed by atoms with van der Waals surface area (Å²) in [7, 11) is 3.55. The Labute approximate surface area is 147 Å². The van der Waals surface area contributed by atoms with Gasteiger partial charge in [-0.05, 0) is 44.3 Å². The highest BCUT2D eigenvalue weighted by molar-refractivity contribution is 7.80. The van der Waals surface area contributed by atoms with E-state index >= 15 is 0 Å². The number of hydrogen-bond acceptors (Lipinski definition) is 5. The molecule has 0 aromatic rings. The fourth-order valence-electron chi connectivity index (χ4n) is 2.79. The zero-order valence-corrected chi connectivity index (χ0v) is 16.5. The van der Waals surface area contributed by atoms with Crippen molar-refractivity contribution < 1.29 is 5.11 Å². The SMILES string of the molecule is CN=C(NC)NCCCC(N)C(O)NC(C)(C)CC(C)(C)CS. The van der Waals surface area contributed by atoms with Crippen molar-refractivity contribution >= 4 is 18.6 Å². The first kappa shape index (κ1) is 22.5. The summed E-state index contributed by atoms with van der Waals surface area (Å²) in [6.45, 7) is 9.30. The van der Waals surface area contributed by atoms with E-state index in [1.54, 1.807) is 7.05 Å². The Kier molecular flexibility index (Phi) is 10.2. The highest BCUT2D eigenvalue weighted by Gasteiger charge is 2.30. The van der Waals surface area contributed by atoms with Crippen LogP contribution in [0.3, 0.4) is 0 Å². The molecule has 2 unspecified atom stereocenters. The smallest absolute Gasteiger partial charge is 0.190 e. The van der Waals surface area contributed by atoms with Gasteiger partial charge < -0.3 is 21.5 Å². The monoisotopic (exact) mass is 347 g/mol. The van der Waals surface area contributed by atoms with Gasteiger partial charge in [0.15, 0.2) is 5.96 Å². The molecule has 7 heteroatoms. The van der Waals surface area contributed by atoms with Crippen molar-refractivity contribution in [1.82, 2.24) is 16.0 Å². The second kappa shape index (κ2) is 10.4. The van der Waals surface area contributed by atoms with E-state index in [0.29, 0.717) is 0 Å². The van der Waals surface area contributed by atoms with Crippen LogP contribution in [0, 0.1) is 5.41 Å². The minimum absolute atomic E-state index is 0.108. The minimum atomic E-state index is -0.718. The number of thiol groups is 1. The van der Waals surface area contributed by atoms with Gasteiger partial charge in [-0.15, -0.1) is 0 Å². The largest absolute Gasteiger partial charge is 0.377 e. The Balaban J connectivity index is 4.21. The molecule has 0 aromatic carbocycles. The number of hydrogen-bond donors (Lipinski definition) is 6. The van der Waals surface area contributed by atoms with E-state index in [9.17, 15) is 5.11 Å². The molecular weight excluding hydrogens is 310 g/mol. The van der Waals surface area contributed by atoms with Crippen LogP contribution in [0.25, 0.3) is 0 Å². The third kappa shape index (κ3) is 10.1. The Bertz CT molecular complexity index is 360. The number of nitrogens with zero attached hydrogens (tertiary/aromatic N) is 1. The molecule has 23 heavy (non-hydrogen) atoms. The average Bonchev–Trinajstić information content (AvgIpc) is 2.45. The maximum Gasteiger partial charge on any atom is 0.190 e. The fourth-order valence-corrected chi connectivity index (χ4v) is 2.90. The van der Waals surface area contributed by atoms with Crippen molar-refractivity contribution in [3.63, 3.8) is 0 Å². The number of rotatable bonds is 10. The molecule has 6 nitrogen and oxygen atoms in total. The molecular formula is C16H37N5OS. The first-order valence-corrected chi connectivity index (χ1v) is 8.91. The van der Waals surface area contributed by atoms with Crippen LogP contribution in [0.15, 0.2) is 4.99 Å². The molecule has 0 bridgehead atoms. The molecule has 0 radical (unpaired) electrons. The summed E-state index contributed by atoms with van der Waals surface area (Å²) in [4.78, 5) is 4.04. The van der Waals surface area contributed by atoms with Crippen LogP contribution < -0.4 is 21.7 Å². The molecule has 0 spiro atoms. The topological polar surface area (TPSA) is 94.7 Å². The van der Waals surface area contributed by atoms with Gasteiger partial charge in [-0.25, -0.2) is 0 Å². The normalized spacial score (nSPS) is 16.1. The van der Waals surface area contributed by atoms with Crippen LogP contribution in [0.5, 0.6) is 0 Å². The van der Waals surface area contributed by atoms with Gasteiger partial charge in [0.05, 0.1) is 0 Å². The molecule has 0 heterocycles. The molecule has 6 N–H and O–H groups in total. The standard InChI is InChI=1S/C16H37N5OS/c1-15(2,11-23)10-16(3,4)21-13(22)12(17)8-7-9-20-14(18-5)19-6/h12-13,21-23H,7-11,17H2,1-6H3,(H2,18,19,20). The minimum Gasteiger partial charge on any atom is -0.377 e. The molecule has 0 amide bonds. The molecule has 2 atom stereocenters. The molecule has 0 aliphatic heterocycles. The van der Waals surface area contributed by atoms with E-state index in [-0.39, 0.29) is 17.0 Å². The highest BCUT2D eigenvalue weighted by Crippen LogP contribution is 2.29. The van der Waals surface area contributed by atoms with Crippen molar-refractivity contribution in [3.05, 3.63) is 0 Å².